The van der Waals surface area contributed by atoms with Gasteiger partial charge in [-0.3, -0.25) is 4.99 Å². The second-order valence-corrected chi connectivity index (χ2v) is 6.13. The van der Waals surface area contributed by atoms with E-state index < -0.39 is 0 Å². The van der Waals surface area contributed by atoms with Crippen LogP contribution in [0.15, 0.2) is 53.2 Å². The van der Waals surface area contributed by atoms with E-state index in [9.17, 15) is 0 Å². The molecular weight excluding hydrogens is 287 g/mol. The van der Waals surface area contributed by atoms with Crippen LogP contribution >= 0.6 is 0 Å². The fraction of sp³-hybridized carbons (Fsp3) is 0.286. The van der Waals surface area contributed by atoms with Gasteiger partial charge in [-0.25, -0.2) is 0 Å². The quantitative estimate of drug-likeness (QED) is 0.609. The molecule has 0 aliphatic heterocycles. The Morgan fingerprint density at radius 1 is 0.833 bits per heavy atom. The van der Waals surface area contributed by atoms with Crippen LogP contribution in [0.3, 0.4) is 0 Å². The third-order valence-corrected chi connectivity index (χ3v) is 3.87. The summed E-state index contributed by atoms with van der Waals surface area (Å²) in [5, 5.41) is 4.76. The van der Waals surface area contributed by atoms with Crippen molar-refractivity contribution >= 4 is 17.1 Å². The summed E-state index contributed by atoms with van der Waals surface area (Å²) in [7, 11) is 0. The average molecular weight is 312 g/mol. The molecule has 0 heterocycles. The van der Waals surface area contributed by atoms with Gasteiger partial charge in [0.15, 0.2) is 0 Å². The van der Waals surface area contributed by atoms with Crippen LogP contribution < -0.4 is 18.9 Å². The van der Waals surface area contributed by atoms with Gasteiger partial charge in [-0.15, -0.1) is 5.69 Å². The second-order valence-electron chi connectivity index (χ2n) is 6.13. The van der Waals surface area contributed by atoms with Crippen molar-refractivity contribution < 1.29 is 18.9 Å². The summed E-state index contributed by atoms with van der Waals surface area (Å²) in [5.41, 5.74) is 8.83. The van der Waals surface area contributed by atoms with E-state index >= 15 is 0 Å². The van der Waals surface area contributed by atoms with Gasteiger partial charge in [0.25, 0.3) is 0 Å². The molecule has 0 aliphatic carbocycles. The van der Waals surface area contributed by atoms with Crippen molar-refractivity contribution in [1.82, 2.24) is 0 Å². The molecule has 120 valence electrons. The Bertz CT molecular complexity index is 733. The Morgan fingerprint density at radius 2 is 1.29 bits per heavy atom. The van der Waals surface area contributed by atoms with Crippen LogP contribution in [0.4, 0.5) is 11.4 Å². The van der Waals surface area contributed by atoms with Gasteiger partial charge in [0.05, 0.1) is 5.69 Å². The van der Waals surface area contributed by atoms with Crippen LogP contribution in [0.1, 0.15) is 36.1 Å². The minimum absolute atomic E-state index is 0. The molecular formula is C21H25LiN2. The molecule has 0 fully saturated rings. The van der Waals surface area contributed by atoms with E-state index in [1.165, 1.54) is 22.3 Å². The summed E-state index contributed by atoms with van der Waals surface area (Å²) in [6, 6.07) is 12.5. The van der Waals surface area contributed by atoms with E-state index in [2.05, 4.69) is 64.1 Å². The van der Waals surface area contributed by atoms with Crippen molar-refractivity contribution in [3.8, 4) is 0 Å². The molecule has 0 aromatic heterocycles. The Hall–Kier alpha value is -1.75. The summed E-state index contributed by atoms with van der Waals surface area (Å²) in [6.07, 6.45) is 2.04. The van der Waals surface area contributed by atoms with E-state index in [0.29, 0.717) is 0 Å². The summed E-state index contributed by atoms with van der Waals surface area (Å²) in [5.74, 6) is 0. The number of hydrogen-bond donors (Lipinski definition) is 0. The summed E-state index contributed by atoms with van der Waals surface area (Å²) < 4.78 is 0. The zero-order valence-electron chi connectivity index (χ0n) is 15.9. The SMILES string of the molecule is CC(/C=C(\C)[N-]c1c(C)cccc1C)=Nc1c(C)cccc1C.[Li+]. The standard InChI is InChI=1S/C21H25N2.Li/c1-14-9-7-10-15(2)20(14)22-18(5)13-19(6)23-21-16(3)11-8-12-17(21)4;/h7-13H,1-6H3;/q-1;+1/b18-13+,23-19?;. The molecule has 2 aromatic carbocycles. The van der Waals surface area contributed by atoms with Gasteiger partial charge < -0.3 is 5.32 Å². The molecule has 0 bridgehead atoms. The minimum Gasteiger partial charge on any atom is -0.661 e. The van der Waals surface area contributed by atoms with Crippen LogP contribution in [-0.4, -0.2) is 5.71 Å². The van der Waals surface area contributed by atoms with Crippen LogP contribution in [0.5, 0.6) is 0 Å². The maximum Gasteiger partial charge on any atom is 1.00 e. The van der Waals surface area contributed by atoms with Gasteiger partial charge in [0, 0.05) is 5.71 Å². The molecule has 0 aliphatic rings. The first-order chi connectivity index (χ1) is 10.9. The molecule has 3 heteroatoms. The van der Waals surface area contributed by atoms with Crippen LogP contribution in [0, 0.1) is 27.7 Å². The summed E-state index contributed by atoms with van der Waals surface area (Å²) >= 11 is 0. The first-order valence-corrected chi connectivity index (χ1v) is 7.96. The Balaban J connectivity index is 0.00000288. The molecule has 0 saturated carbocycles. The first kappa shape index (κ1) is 20.3. The second kappa shape index (κ2) is 8.92. The van der Waals surface area contributed by atoms with E-state index in [-0.39, 0.29) is 18.9 Å². The predicted molar refractivity (Wildman–Crippen MR) is 101 cm³/mol. The molecule has 0 radical (unpaired) electrons. The molecule has 2 nitrogen and oxygen atoms in total. The monoisotopic (exact) mass is 312 g/mol. The van der Waals surface area contributed by atoms with Crippen molar-refractivity contribution in [2.24, 2.45) is 4.99 Å². The third kappa shape index (κ3) is 5.13. The van der Waals surface area contributed by atoms with Gasteiger partial charge in [-0.2, -0.15) is 5.70 Å². The number of para-hydroxylation sites is 2. The van der Waals surface area contributed by atoms with Crippen molar-refractivity contribution in [2.45, 2.75) is 41.5 Å². The largest absolute Gasteiger partial charge is 1.00 e. The topological polar surface area (TPSA) is 26.5 Å². The Labute approximate surface area is 158 Å². The zero-order valence-corrected chi connectivity index (χ0v) is 15.9. The average Bonchev–Trinajstić information content (AvgIpc) is 2.47. The van der Waals surface area contributed by atoms with Gasteiger partial charge in [0.1, 0.15) is 0 Å². The van der Waals surface area contributed by atoms with Crippen molar-refractivity contribution in [3.05, 3.63) is 75.7 Å². The van der Waals surface area contributed by atoms with Crippen LogP contribution in [0.25, 0.3) is 5.32 Å². The maximum atomic E-state index is 4.76. The number of nitrogens with zero attached hydrogens (tertiary/aromatic N) is 2. The Morgan fingerprint density at radius 3 is 1.79 bits per heavy atom. The Kier molecular flexibility index (Phi) is 7.54. The molecule has 2 aromatic rings. The number of aliphatic imine (C=N–C) groups is 1. The normalized spacial score (nSPS) is 11.9. The molecule has 0 unspecified atom stereocenters. The third-order valence-electron chi connectivity index (χ3n) is 3.87. The maximum absolute atomic E-state index is 4.76. The van der Waals surface area contributed by atoms with Gasteiger partial charge in [-0.05, 0) is 45.7 Å². The molecule has 0 amide bonds. The number of benzene rings is 2. The van der Waals surface area contributed by atoms with E-state index in [0.717, 1.165) is 22.8 Å². The fourth-order valence-corrected chi connectivity index (χ4v) is 2.68. The number of rotatable bonds is 4. The van der Waals surface area contributed by atoms with E-state index in [1.54, 1.807) is 0 Å². The first-order valence-electron chi connectivity index (χ1n) is 7.96. The van der Waals surface area contributed by atoms with Crippen LogP contribution in [-0.2, 0) is 0 Å². The minimum atomic E-state index is 0. The van der Waals surface area contributed by atoms with Crippen LogP contribution in [0.2, 0.25) is 0 Å². The van der Waals surface area contributed by atoms with Gasteiger partial charge in [0.2, 0.25) is 0 Å². The van der Waals surface area contributed by atoms with Crippen molar-refractivity contribution in [1.29, 1.82) is 0 Å². The van der Waals surface area contributed by atoms with Gasteiger partial charge in [-0.1, -0.05) is 60.5 Å². The zero-order chi connectivity index (χ0) is 17.0. The molecule has 0 atom stereocenters. The summed E-state index contributed by atoms with van der Waals surface area (Å²) in [6.45, 7) is 12.4. The molecule has 0 N–H and O–H groups in total. The van der Waals surface area contributed by atoms with Gasteiger partial charge >= 0.3 is 18.9 Å². The van der Waals surface area contributed by atoms with Crippen molar-refractivity contribution in [3.63, 3.8) is 0 Å². The number of hydrogen-bond acceptors (Lipinski definition) is 1. The molecule has 0 spiro atoms. The number of aryl methyl sites for hydroxylation is 4. The molecule has 0 saturated heterocycles. The molecule has 2 rings (SSSR count). The van der Waals surface area contributed by atoms with Crippen molar-refractivity contribution in [2.75, 3.05) is 0 Å². The summed E-state index contributed by atoms with van der Waals surface area (Å²) in [4.78, 5) is 4.76. The smallest absolute Gasteiger partial charge is 0.661 e. The molecule has 24 heavy (non-hydrogen) atoms. The van der Waals surface area contributed by atoms with E-state index in [1.807, 2.05) is 19.9 Å². The number of allylic oxidation sites excluding steroid dienone is 2. The van der Waals surface area contributed by atoms with E-state index in [4.69, 9.17) is 10.3 Å². The fourth-order valence-electron chi connectivity index (χ4n) is 2.68. The predicted octanol–water partition coefficient (Wildman–Crippen LogP) is 3.63.